The first-order chi connectivity index (χ1) is 12.6. The van der Waals surface area contributed by atoms with Gasteiger partial charge < -0.3 is 16.0 Å². The van der Waals surface area contributed by atoms with Crippen LogP contribution in [0.1, 0.15) is 38.4 Å². The summed E-state index contributed by atoms with van der Waals surface area (Å²) in [5.41, 5.74) is 7.04. The van der Waals surface area contributed by atoms with E-state index in [2.05, 4.69) is 20.5 Å². The Bertz CT molecular complexity index is 770. The number of carbonyl (C=O) groups is 2. The van der Waals surface area contributed by atoms with Crippen LogP contribution in [0.15, 0.2) is 24.3 Å². The van der Waals surface area contributed by atoms with Crippen LogP contribution in [0.5, 0.6) is 0 Å². The van der Waals surface area contributed by atoms with Gasteiger partial charge in [0.15, 0.2) is 5.82 Å². The third kappa shape index (κ3) is 3.91. The fourth-order valence-electron chi connectivity index (χ4n) is 3.15. The molecule has 2 aromatic rings. The van der Waals surface area contributed by atoms with Gasteiger partial charge in [0.05, 0.1) is 6.54 Å². The van der Waals surface area contributed by atoms with E-state index in [-0.39, 0.29) is 11.8 Å². The van der Waals surface area contributed by atoms with E-state index in [1.165, 1.54) is 0 Å². The molecule has 0 radical (unpaired) electrons. The molecule has 2 heterocycles. The zero-order valence-electron chi connectivity index (χ0n) is 14.9. The second-order valence-electron chi connectivity index (χ2n) is 6.33. The Balaban J connectivity index is 1.68. The van der Waals surface area contributed by atoms with Gasteiger partial charge >= 0.3 is 0 Å². The van der Waals surface area contributed by atoms with E-state index in [9.17, 15) is 9.59 Å². The van der Waals surface area contributed by atoms with Gasteiger partial charge in [-0.05, 0) is 43.5 Å². The quantitative estimate of drug-likeness (QED) is 0.753. The van der Waals surface area contributed by atoms with Crippen LogP contribution in [0.4, 0.5) is 5.69 Å². The molecule has 1 aliphatic rings. The van der Waals surface area contributed by atoms with E-state index in [1.807, 2.05) is 19.1 Å². The Labute approximate surface area is 152 Å². The maximum atomic E-state index is 12.6. The van der Waals surface area contributed by atoms with E-state index in [0.717, 1.165) is 18.4 Å². The van der Waals surface area contributed by atoms with Crippen LogP contribution in [-0.2, 0) is 16.1 Å². The van der Waals surface area contributed by atoms with Crippen molar-refractivity contribution in [1.29, 1.82) is 0 Å². The molecule has 3 rings (SSSR count). The predicted octanol–water partition coefficient (Wildman–Crippen LogP) is 1.66. The van der Waals surface area contributed by atoms with Gasteiger partial charge in [-0.2, -0.15) is 5.10 Å². The lowest BCUT2D eigenvalue weighted by molar-refractivity contribution is -0.140. The van der Waals surface area contributed by atoms with Crippen LogP contribution in [0.3, 0.4) is 0 Å². The Morgan fingerprint density at radius 3 is 2.73 bits per heavy atom. The molecule has 4 N–H and O–H groups in total. The van der Waals surface area contributed by atoms with Crippen molar-refractivity contribution in [2.24, 2.45) is 5.73 Å². The molecule has 1 unspecified atom stereocenters. The maximum Gasteiger partial charge on any atom is 0.247 e. The number of benzene rings is 1. The van der Waals surface area contributed by atoms with Gasteiger partial charge in [0.25, 0.3) is 0 Å². The number of likely N-dealkylation sites (tertiary alicyclic amines) is 1. The summed E-state index contributed by atoms with van der Waals surface area (Å²) in [5, 5.41) is 9.80. The highest BCUT2D eigenvalue weighted by Gasteiger charge is 2.31. The first-order valence-electron chi connectivity index (χ1n) is 8.94. The van der Waals surface area contributed by atoms with Gasteiger partial charge in [-0.3, -0.25) is 14.7 Å². The van der Waals surface area contributed by atoms with E-state index in [0.29, 0.717) is 43.3 Å². The minimum Gasteiger partial charge on any atom is -0.331 e. The molecule has 1 aliphatic heterocycles. The van der Waals surface area contributed by atoms with Crippen molar-refractivity contribution in [2.75, 3.05) is 11.9 Å². The number of carbonyl (C=O) groups excluding carboxylic acids is 2. The van der Waals surface area contributed by atoms with Gasteiger partial charge in [-0.15, -0.1) is 0 Å². The summed E-state index contributed by atoms with van der Waals surface area (Å²) in [5.74, 6) is 1.08. The lowest BCUT2D eigenvalue weighted by Crippen LogP contribution is -2.49. The third-order valence-electron chi connectivity index (χ3n) is 4.56. The molecule has 138 valence electrons. The number of rotatable bonds is 5. The number of aromatic amines is 1. The summed E-state index contributed by atoms with van der Waals surface area (Å²) < 4.78 is 0. The summed E-state index contributed by atoms with van der Waals surface area (Å²) in [6, 6.07) is 6.90. The molecule has 0 aliphatic carbocycles. The molecule has 1 saturated heterocycles. The molecule has 1 atom stereocenters. The molecule has 0 bridgehead atoms. The number of piperidine rings is 1. The van der Waals surface area contributed by atoms with E-state index < -0.39 is 6.04 Å². The van der Waals surface area contributed by atoms with Crippen molar-refractivity contribution < 1.29 is 9.59 Å². The van der Waals surface area contributed by atoms with E-state index in [4.69, 9.17) is 5.73 Å². The fourth-order valence-corrected chi connectivity index (χ4v) is 3.15. The number of nitrogens with two attached hydrogens (primary N) is 1. The summed E-state index contributed by atoms with van der Waals surface area (Å²) >= 11 is 0. The van der Waals surface area contributed by atoms with Crippen molar-refractivity contribution in [3.05, 3.63) is 30.1 Å². The van der Waals surface area contributed by atoms with Crippen molar-refractivity contribution in [1.82, 2.24) is 20.1 Å². The minimum atomic E-state index is -0.393. The second-order valence-corrected chi connectivity index (χ2v) is 6.33. The summed E-state index contributed by atoms with van der Waals surface area (Å²) in [7, 11) is 0. The summed E-state index contributed by atoms with van der Waals surface area (Å²) in [4.78, 5) is 30.7. The molecule has 8 heteroatoms. The Morgan fingerprint density at radius 2 is 2.08 bits per heavy atom. The third-order valence-corrected chi connectivity index (χ3v) is 4.56. The first kappa shape index (κ1) is 18.1. The maximum absolute atomic E-state index is 12.6. The predicted molar refractivity (Wildman–Crippen MR) is 98.0 cm³/mol. The van der Waals surface area contributed by atoms with Gasteiger partial charge in [0.1, 0.15) is 11.9 Å². The lowest BCUT2D eigenvalue weighted by Gasteiger charge is -2.34. The topological polar surface area (TPSA) is 117 Å². The van der Waals surface area contributed by atoms with Crippen LogP contribution in [0.2, 0.25) is 0 Å². The van der Waals surface area contributed by atoms with Gasteiger partial charge in [-0.25, -0.2) is 4.98 Å². The lowest BCUT2D eigenvalue weighted by atomic mass is 10.0. The molecule has 0 saturated carbocycles. The van der Waals surface area contributed by atoms with Crippen molar-refractivity contribution >= 4 is 17.5 Å². The molecule has 2 amide bonds. The van der Waals surface area contributed by atoms with E-state index in [1.54, 1.807) is 17.0 Å². The molecular formula is C18H24N6O2. The first-order valence-corrected chi connectivity index (χ1v) is 8.94. The van der Waals surface area contributed by atoms with Crippen LogP contribution in [0, 0.1) is 0 Å². The number of aromatic nitrogens is 3. The Morgan fingerprint density at radius 1 is 1.31 bits per heavy atom. The molecular weight excluding hydrogens is 332 g/mol. The summed E-state index contributed by atoms with van der Waals surface area (Å²) in [6.07, 6.45) is 3.03. The number of amides is 2. The number of nitrogens with zero attached hydrogens (tertiary/aromatic N) is 3. The monoisotopic (exact) mass is 356 g/mol. The van der Waals surface area contributed by atoms with Crippen LogP contribution in [0.25, 0.3) is 11.4 Å². The highest BCUT2D eigenvalue weighted by molar-refractivity contribution is 5.97. The van der Waals surface area contributed by atoms with Gasteiger partial charge in [0.2, 0.25) is 11.8 Å². The molecule has 1 aromatic carbocycles. The minimum absolute atomic E-state index is 0.0283. The average Bonchev–Trinajstić information content (AvgIpc) is 3.17. The van der Waals surface area contributed by atoms with Gasteiger partial charge in [0, 0.05) is 24.2 Å². The smallest absolute Gasteiger partial charge is 0.247 e. The highest BCUT2D eigenvalue weighted by Crippen LogP contribution is 2.21. The van der Waals surface area contributed by atoms with Crippen molar-refractivity contribution in [3.8, 4) is 11.4 Å². The molecule has 8 nitrogen and oxygen atoms in total. The Kier molecular flexibility index (Phi) is 5.62. The van der Waals surface area contributed by atoms with E-state index >= 15 is 0 Å². The highest BCUT2D eigenvalue weighted by atomic mass is 16.2. The fraction of sp³-hybridized carbons (Fsp3) is 0.444. The number of anilines is 1. The average molecular weight is 356 g/mol. The van der Waals surface area contributed by atoms with Crippen LogP contribution < -0.4 is 11.1 Å². The molecule has 1 fully saturated rings. The second kappa shape index (κ2) is 8.09. The number of nitrogens with one attached hydrogen (secondary N) is 2. The molecule has 26 heavy (non-hydrogen) atoms. The van der Waals surface area contributed by atoms with Crippen LogP contribution >= 0.6 is 0 Å². The normalized spacial score (nSPS) is 17.2. The SMILES string of the molecule is CCC(=O)N1CCCCC1C(=O)Nc1ccc(-c2n[nH]c(CN)n2)cc1. The zero-order chi connectivity index (χ0) is 18.5. The van der Waals surface area contributed by atoms with Crippen molar-refractivity contribution in [2.45, 2.75) is 45.2 Å². The van der Waals surface area contributed by atoms with Gasteiger partial charge in [-0.1, -0.05) is 6.92 Å². The number of hydrogen-bond acceptors (Lipinski definition) is 5. The largest absolute Gasteiger partial charge is 0.331 e. The van der Waals surface area contributed by atoms with Crippen molar-refractivity contribution in [3.63, 3.8) is 0 Å². The molecule has 0 spiro atoms. The number of H-pyrrole nitrogens is 1. The Hall–Kier alpha value is -2.74. The standard InChI is InChI=1S/C18H24N6O2/c1-2-16(25)24-10-4-3-5-14(24)18(26)20-13-8-6-12(7-9-13)17-21-15(11-19)22-23-17/h6-9,14H,2-5,10-11,19H2,1H3,(H,20,26)(H,21,22,23). The zero-order valence-corrected chi connectivity index (χ0v) is 14.9. The molecule has 1 aromatic heterocycles. The van der Waals surface area contributed by atoms with Crippen LogP contribution in [-0.4, -0.2) is 44.5 Å². The summed E-state index contributed by atoms with van der Waals surface area (Å²) in [6.45, 7) is 2.78. The number of hydrogen-bond donors (Lipinski definition) is 3.